The predicted molar refractivity (Wildman–Crippen MR) is 45.6 cm³/mol. The Labute approximate surface area is 77.5 Å². The van der Waals surface area contributed by atoms with Crippen molar-refractivity contribution >= 4 is 15.9 Å². The molecule has 0 amide bonds. The minimum Gasteiger partial charge on any atom is -0.490 e. The van der Waals surface area contributed by atoms with Gasteiger partial charge in [-0.05, 0) is 12.1 Å². The summed E-state index contributed by atoms with van der Waals surface area (Å²) >= 11 is 3.11. The summed E-state index contributed by atoms with van der Waals surface area (Å²) in [5.74, 6) is -1.87. The topological polar surface area (TPSA) is 9.23 Å². The number of hydrogen-bond donors (Lipinski definition) is 0. The van der Waals surface area contributed by atoms with Crippen molar-refractivity contribution < 1.29 is 13.5 Å². The van der Waals surface area contributed by atoms with Gasteiger partial charge >= 0.3 is 0 Å². The van der Waals surface area contributed by atoms with Crippen LogP contribution in [0.1, 0.15) is 0 Å². The third-order valence-electron chi connectivity index (χ3n) is 1.25. The second-order valence-electron chi connectivity index (χ2n) is 2.09. The molecule has 0 aliphatic heterocycles. The van der Waals surface area contributed by atoms with Gasteiger partial charge in [0.1, 0.15) is 0 Å². The van der Waals surface area contributed by atoms with Crippen LogP contribution < -0.4 is 4.74 Å². The normalized spacial score (nSPS) is 9.92. The molecule has 0 aliphatic rings. The fourth-order valence-electron chi connectivity index (χ4n) is 0.744. The fourth-order valence-corrected chi connectivity index (χ4v) is 0.906. The molecule has 1 aromatic rings. The third kappa shape index (κ3) is 2.17. The van der Waals surface area contributed by atoms with Crippen molar-refractivity contribution in [3.63, 3.8) is 0 Å². The highest BCUT2D eigenvalue weighted by Gasteiger charge is 2.07. The van der Waals surface area contributed by atoms with Gasteiger partial charge in [-0.1, -0.05) is 22.0 Å². The molecule has 0 aliphatic carbocycles. The van der Waals surface area contributed by atoms with E-state index in [1.165, 1.54) is 12.1 Å². The monoisotopic (exact) mass is 236 g/mol. The Bertz CT molecular complexity index is 265. The molecule has 0 aromatic heterocycles. The summed E-state index contributed by atoms with van der Waals surface area (Å²) in [6.45, 7) is 0.320. The number of halogens is 3. The van der Waals surface area contributed by atoms with Gasteiger partial charge in [0.05, 0.1) is 6.61 Å². The van der Waals surface area contributed by atoms with Crippen LogP contribution in [0.25, 0.3) is 0 Å². The Balaban J connectivity index is 2.78. The molecule has 4 heteroatoms. The van der Waals surface area contributed by atoms with Crippen LogP contribution in [-0.4, -0.2) is 11.9 Å². The summed E-state index contributed by atoms with van der Waals surface area (Å²) in [5.41, 5.74) is 0. The first-order chi connectivity index (χ1) is 5.75. The number of rotatable bonds is 3. The highest BCUT2D eigenvalue weighted by Crippen LogP contribution is 2.18. The van der Waals surface area contributed by atoms with Crippen LogP contribution in [-0.2, 0) is 0 Å². The van der Waals surface area contributed by atoms with Gasteiger partial charge in [0.25, 0.3) is 0 Å². The Hall–Kier alpha value is -0.640. The Morgan fingerprint density at radius 1 is 1.33 bits per heavy atom. The maximum Gasteiger partial charge on any atom is 0.200 e. The maximum absolute atomic E-state index is 12.8. The Morgan fingerprint density at radius 2 is 2.08 bits per heavy atom. The largest absolute Gasteiger partial charge is 0.490 e. The first kappa shape index (κ1) is 9.45. The van der Waals surface area contributed by atoms with Crippen LogP contribution in [0, 0.1) is 11.6 Å². The van der Waals surface area contributed by atoms with Crippen LogP contribution in [0.2, 0.25) is 0 Å². The van der Waals surface area contributed by atoms with E-state index >= 15 is 0 Å². The van der Waals surface area contributed by atoms with Gasteiger partial charge in [0.15, 0.2) is 11.6 Å². The molecule has 1 aromatic carbocycles. The van der Waals surface area contributed by atoms with E-state index in [9.17, 15) is 8.78 Å². The number of ether oxygens (including phenoxy) is 1. The van der Waals surface area contributed by atoms with Crippen LogP contribution in [0.4, 0.5) is 8.78 Å². The van der Waals surface area contributed by atoms with Crippen molar-refractivity contribution in [1.82, 2.24) is 0 Å². The van der Waals surface area contributed by atoms with Gasteiger partial charge in [-0.2, -0.15) is 4.39 Å². The summed E-state index contributed by atoms with van der Waals surface area (Å²) in [4.78, 5) is 0. The van der Waals surface area contributed by atoms with Gasteiger partial charge in [-0.15, -0.1) is 0 Å². The lowest BCUT2D eigenvalue weighted by molar-refractivity contribution is 0.318. The van der Waals surface area contributed by atoms with Crippen LogP contribution in [0.5, 0.6) is 5.75 Å². The van der Waals surface area contributed by atoms with E-state index in [0.29, 0.717) is 11.9 Å². The van der Waals surface area contributed by atoms with E-state index in [0.717, 1.165) is 6.07 Å². The minimum atomic E-state index is -0.932. The first-order valence-corrected chi connectivity index (χ1v) is 4.50. The summed E-state index contributed by atoms with van der Waals surface area (Å²) in [5, 5.41) is 0.586. The van der Waals surface area contributed by atoms with Crippen LogP contribution >= 0.6 is 15.9 Å². The molecule has 66 valence electrons. The highest BCUT2D eigenvalue weighted by atomic mass is 79.9. The van der Waals surface area contributed by atoms with Crippen molar-refractivity contribution in [2.75, 3.05) is 11.9 Å². The molecule has 0 unspecified atom stereocenters. The van der Waals surface area contributed by atoms with Gasteiger partial charge < -0.3 is 4.74 Å². The van der Waals surface area contributed by atoms with E-state index < -0.39 is 11.6 Å². The zero-order chi connectivity index (χ0) is 8.97. The molecule has 12 heavy (non-hydrogen) atoms. The average Bonchev–Trinajstić information content (AvgIpc) is 2.08. The predicted octanol–water partition coefficient (Wildman–Crippen LogP) is 2.74. The lowest BCUT2D eigenvalue weighted by Crippen LogP contribution is -2.00. The molecule has 0 fully saturated rings. The molecule has 0 saturated heterocycles. The molecule has 0 atom stereocenters. The van der Waals surface area contributed by atoms with Crippen molar-refractivity contribution in [3.05, 3.63) is 29.8 Å². The molecule has 0 saturated carbocycles. The van der Waals surface area contributed by atoms with Crippen molar-refractivity contribution in [3.8, 4) is 5.75 Å². The minimum absolute atomic E-state index is 0.0468. The van der Waals surface area contributed by atoms with Crippen LogP contribution in [0.3, 0.4) is 0 Å². The fraction of sp³-hybridized carbons (Fsp3) is 0.250. The third-order valence-corrected chi connectivity index (χ3v) is 1.57. The molecule has 0 N–H and O–H groups in total. The number of benzene rings is 1. The zero-order valence-corrected chi connectivity index (χ0v) is 7.77. The van der Waals surface area contributed by atoms with E-state index in [4.69, 9.17) is 4.74 Å². The van der Waals surface area contributed by atoms with Gasteiger partial charge in [-0.3, -0.25) is 0 Å². The quantitative estimate of drug-likeness (QED) is 0.734. The lowest BCUT2D eigenvalue weighted by Gasteiger charge is -2.04. The molecule has 0 spiro atoms. The molecular formula is C8H7BrF2O. The van der Waals surface area contributed by atoms with Crippen molar-refractivity contribution in [2.24, 2.45) is 0 Å². The summed E-state index contributed by atoms with van der Waals surface area (Å²) < 4.78 is 30.3. The summed E-state index contributed by atoms with van der Waals surface area (Å²) in [7, 11) is 0. The number of hydrogen-bond acceptors (Lipinski definition) is 1. The van der Waals surface area contributed by atoms with Crippen LogP contribution in [0.15, 0.2) is 18.2 Å². The molecule has 1 nitrogen and oxygen atoms in total. The SMILES string of the molecule is Fc1cccc(OCCBr)c1F. The Morgan fingerprint density at radius 3 is 2.75 bits per heavy atom. The zero-order valence-electron chi connectivity index (χ0n) is 6.19. The highest BCUT2D eigenvalue weighted by molar-refractivity contribution is 9.09. The lowest BCUT2D eigenvalue weighted by atomic mass is 10.3. The first-order valence-electron chi connectivity index (χ1n) is 3.38. The standard InChI is InChI=1S/C8H7BrF2O/c9-4-5-12-7-3-1-2-6(10)8(7)11/h1-3H,4-5H2. The molecule has 0 bridgehead atoms. The molecule has 0 heterocycles. The molecular weight excluding hydrogens is 230 g/mol. The van der Waals surface area contributed by atoms with E-state index in [1.807, 2.05) is 0 Å². The van der Waals surface area contributed by atoms with Crippen molar-refractivity contribution in [1.29, 1.82) is 0 Å². The van der Waals surface area contributed by atoms with Gasteiger partial charge in [-0.25, -0.2) is 4.39 Å². The van der Waals surface area contributed by atoms with E-state index in [1.54, 1.807) is 0 Å². The summed E-state index contributed by atoms with van der Waals surface area (Å²) in [6.07, 6.45) is 0. The van der Waals surface area contributed by atoms with Gasteiger partial charge in [0.2, 0.25) is 5.82 Å². The van der Waals surface area contributed by atoms with Crippen molar-refractivity contribution in [2.45, 2.75) is 0 Å². The smallest absolute Gasteiger partial charge is 0.200 e. The number of alkyl halides is 1. The second kappa shape index (κ2) is 4.40. The Kier molecular flexibility index (Phi) is 3.47. The van der Waals surface area contributed by atoms with E-state index in [-0.39, 0.29) is 5.75 Å². The second-order valence-corrected chi connectivity index (χ2v) is 2.88. The average molecular weight is 237 g/mol. The molecule has 0 radical (unpaired) electrons. The summed E-state index contributed by atoms with van der Waals surface area (Å²) in [6, 6.07) is 3.85. The maximum atomic E-state index is 12.8. The van der Waals surface area contributed by atoms with E-state index in [2.05, 4.69) is 15.9 Å². The molecule has 1 rings (SSSR count). The van der Waals surface area contributed by atoms with Gasteiger partial charge in [0, 0.05) is 5.33 Å².